The summed E-state index contributed by atoms with van der Waals surface area (Å²) >= 11 is 0. The van der Waals surface area contributed by atoms with Crippen molar-refractivity contribution in [3.05, 3.63) is 143 Å². The molecule has 0 atom stereocenters. The van der Waals surface area contributed by atoms with E-state index in [0.717, 1.165) is 46.6 Å². The minimum Gasteiger partial charge on any atom is -0.505 e. The van der Waals surface area contributed by atoms with Gasteiger partial charge in [-0.2, -0.15) is 0 Å². The monoisotopic (exact) mass is 942 g/mol. The van der Waals surface area contributed by atoms with Crippen LogP contribution in [0.15, 0.2) is 115 Å². The molecule has 6 aromatic heterocycles. The van der Waals surface area contributed by atoms with Gasteiger partial charge in [-0.15, -0.1) is 42.2 Å². The summed E-state index contributed by atoms with van der Waals surface area (Å²) < 4.78 is 12.5. The number of nitrogens with zero attached hydrogens (tertiary/aromatic N) is 9. The topological polar surface area (TPSA) is 102 Å². The Morgan fingerprint density at radius 1 is 0.329 bits per heavy atom. The molecule has 0 amide bonds. The fourth-order valence-corrected chi connectivity index (χ4v) is 9.63. The predicted molar refractivity (Wildman–Crippen MR) is 284 cm³/mol. The average molecular weight is 942 g/mol. The maximum absolute atomic E-state index is 11.0. The van der Waals surface area contributed by atoms with Crippen molar-refractivity contribution in [1.82, 2.24) is 42.2 Å². The zero-order valence-electron chi connectivity index (χ0n) is 43.8. The number of hydrogen-bond donors (Lipinski definition) is 3. The summed E-state index contributed by atoms with van der Waals surface area (Å²) in [6, 6.07) is 39.4. The first-order valence-electron chi connectivity index (χ1n) is 24.9. The number of para-hydroxylation sites is 7. The molecule has 12 aromatic rings. The van der Waals surface area contributed by atoms with Crippen LogP contribution >= 0.6 is 0 Å². The third-order valence-electron chi connectivity index (χ3n) is 15.1. The molecule has 12 rings (SSSR count). The number of phenolic OH excluding ortho intramolecular Hbond substituents is 3. The third kappa shape index (κ3) is 7.23. The van der Waals surface area contributed by atoms with Gasteiger partial charge in [0.15, 0.2) is 0 Å². The van der Waals surface area contributed by atoms with Crippen LogP contribution in [0.4, 0.5) is 0 Å². The number of aromatic nitrogens is 9. The quantitative estimate of drug-likeness (QED) is 0.148. The lowest BCUT2D eigenvalue weighted by molar-refractivity contribution is 0.426. The van der Waals surface area contributed by atoms with Gasteiger partial charge in [0.25, 0.3) is 0 Å². The normalized spacial score (nSPS) is 13.4. The molecule has 0 saturated carbocycles. The molecule has 6 heterocycles. The maximum atomic E-state index is 11.0. The molecule has 0 aliphatic carbocycles. The number of hydrogen-bond acceptors (Lipinski definition) is 3. The Bertz CT molecular complexity index is 3670. The van der Waals surface area contributed by atoms with Crippen LogP contribution in [0.25, 0.3) is 50.2 Å². The molecule has 3 N–H and O–H groups in total. The van der Waals surface area contributed by atoms with Crippen LogP contribution in [0.1, 0.15) is 145 Å². The van der Waals surface area contributed by atoms with E-state index in [1.54, 1.807) is 0 Å². The number of rotatable bonds is 7. The van der Waals surface area contributed by atoms with Crippen LogP contribution < -0.4 is 0 Å². The summed E-state index contributed by atoms with van der Waals surface area (Å²) in [6.07, 6.45) is 2.03. The van der Waals surface area contributed by atoms with Crippen molar-refractivity contribution < 1.29 is 15.3 Å². The van der Waals surface area contributed by atoms with Gasteiger partial charge in [-0.1, -0.05) is 165 Å². The molecule has 0 unspecified atom stereocenters. The SMILES string of the molecule is CC(C)(C)c1cc(-n2n3c4ccccc4n23)c(O)c(C(C)(C)C)c1.CCC(C)(C)c1cc(-n2n3c4ccccc4n23)c(O)c(C(C)(C)C)c1.CCC(C)(C)c1cccc(-n2n3c4ccccc4n23)c1O. The van der Waals surface area contributed by atoms with Gasteiger partial charge in [-0.05, 0) is 106 Å². The Morgan fingerprint density at radius 2 is 0.643 bits per heavy atom. The van der Waals surface area contributed by atoms with Crippen molar-refractivity contribution in [2.45, 2.75) is 144 Å². The maximum Gasteiger partial charge on any atom is 0.146 e. The van der Waals surface area contributed by atoms with Crippen molar-refractivity contribution in [2.24, 2.45) is 0 Å². The number of aromatic hydroxyl groups is 3. The van der Waals surface area contributed by atoms with Gasteiger partial charge >= 0.3 is 0 Å². The van der Waals surface area contributed by atoms with E-state index in [4.69, 9.17) is 0 Å². The molecular weight excluding hydrogens is 871 g/mol. The van der Waals surface area contributed by atoms with Gasteiger partial charge in [-0.3, -0.25) is 0 Å². The summed E-state index contributed by atoms with van der Waals surface area (Å²) in [7, 11) is 0. The van der Waals surface area contributed by atoms with Crippen molar-refractivity contribution in [1.29, 1.82) is 0 Å². The highest BCUT2D eigenvalue weighted by Gasteiger charge is 2.34. The molecular formula is C58H71N9O3. The molecule has 12 heteroatoms. The van der Waals surface area contributed by atoms with Crippen LogP contribution in [0.5, 0.6) is 17.2 Å². The van der Waals surface area contributed by atoms with E-state index in [-0.39, 0.29) is 27.1 Å². The largest absolute Gasteiger partial charge is 0.505 e. The molecule has 0 aliphatic heterocycles. The molecule has 70 heavy (non-hydrogen) atoms. The highest BCUT2D eigenvalue weighted by molar-refractivity contribution is 5.81. The summed E-state index contributed by atoms with van der Waals surface area (Å²) in [5.74, 6) is 1.13. The number of fused-ring (bicyclic) bond motifs is 12. The summed E-state index contributed by atoms with van der Waals surface area (Å²) in [5.41, 5.74) is 14.9. The second kappa shape index (κ2) is 15.5. The van der Waals surface area contributed by atoms with E-state index in [2.05, 4.69) is 197 Å². The van der Waals surface area contributed by atoms with E-state index in [1.165, 1.54) is 44.2 Å². The lowest BCUT2D eigenvalue weighted by atomic mass is 9.77. The van der Waals surface area contributed by atoms with E-state index in [0.29, 0.717) is 17.2 Å². The molecule has 0 fully saturated rings. The van der Waals surface area contributed by atoms with E-state index < -0.39 is 0 Å². The van der Waals surface area contributed by atoms with Gasteiger partial charge in [-0.25, -0.2) is 0 Å². The standard InChI is InChI=1S/C21H27N3O.C20H25N3O.C17H19N3O/c1-7-21(5,6)14-12-15(20(2,3)4)19(25)18(13-14)24-22-16-10-8-9-11-17(16)23(22)24;1-19(2,3)13-11-14(20(4,5)6)18(24)17(12-13)23-21-15-9-7-8-10-16(15)22(21)23;1-4-17(2,3)12-8-7-11-15(16(12)21)20-18-13-9-5-6-10-14(13)19(18)20/h8-13,25H,7H2,1-6H3;7-12,24H,1-6H3;5-11,21H,4H2,1-3H3. The highest BCUT2D eigenvalue weighted by Crippen LogP contribution is 2.44. The van der Waals surface area contributed by atoms with Crippen LogP contribution in [0.2, 0.25) is 0 Å². The van der Waals surface area contributed by atoms with Crippen LogP contribution in [0, 0.1) is 0 Å². The first-order valence-corrected chi connectivity index (χ1v) is 24.9. The zero-order chi connectivity index (χ0) is 50.4. The second-order valence-electron chi connectivity index (χ2n) is 23.8. The molecule has 366 valence electrons. The van der Waals surface area contributed by atoms with Crippen LogP contribution in [-0.4, -0.2) is 57.5 Å². The predicted octanol–water partition coefficient (Wildman–Crippen LogP) is 13.6. The van der Waals surface area contributed by atoms with E-state index in [9.17, 15) is 15.3 Å². The summed E-state index contributed by atoms with van der Waals surface area (Å²) in [4.78, 5) is 6.12. The van der Waals surface area contributed by atoms with Gasteiger partial charge in [0.05, 0.1) is 0 Å². The summed E-state index contributed by atoms with van der Waals surface area (Å²) in [5, 5.41) is 32.7. The smallest absolute Gasteiger partial charge is 0.146 e. The molecule has 0 saturated heterocycles. The number of benzene rings is 6. The Kier molecular flexibility index (Phi) is 10.3. The fourth-order valence-electron chi connectivity index (χ4n) is 9.63. The van der Waals surface area contributed by atoms with Crippen LogP contribution in [0.3, 0.4) is 0 Å². The first-order chi connectivity index (χ1) is 32.8. The van der Waals surface area contributed by atoms with Crippen molar-refractivity contribution in [3.8, 4) is 34.3 Å². The minimum atomic E-state index is -0.120. The Balaban J connectivity index is 0.000000122. The van der Waals surface area contributed by atoms with Gasteiger partial charge in [0, 0.05) is 16.7 Å². The van der Waals surface area contributed by atoms with E-state index in [1.807, 2.05) is 64.2 Å². The van der Waals surface area contributed by atoms with Gasteiger partial charge < -0.3 is 15.3 Å². The summed E-state index contributed by atoms with van der Waals surface area (Å²) in [6.45, 7) is 32.7. The molecule has 12 nitrogen and oxygen atoms in total. The Hall–Kier alpha value is -7.08. The van der Waals surface area contributed by atoms with E-state index >= 15 is 0 Å². The molecule has 6 aromatic carbocycles. The molecule has 0 radical (unpaired) electrons. The molecule has 0 bridgehead atoms. The zero-order valence-corrected chi connectivity index (χ0v) is 43.8. The number of phenols is 3. The van der Waals surface area contributed by atoms with Crippen molar-refractivity contribution in [2.75, 3.05) is 0 Å². The van der Waals surface area contributed by atoms with Crippen molar-refractivity contribution in [3.63, 3.8) is 0 Å². The Morgan fingerprint density at radius 3 is 0.971 bits per heavy atom. The lowest BCUT2D eigenvalue weighted by Gasteiger charge is -2.28. The highest BCUT2D eigenvalue weighted by atomic mass is 16.3. The molecule has 0 spiro atoms. The third-order valence-corrected chi connectivity index (χ3v) is 15.1. The van der Waals surface area contributed by atoms with Crippen LogP contribution in [-0.2, 0) is 27.1 Å². The lowest BCUT2D eigenvalue weighted by Crippen LogP contribution is -2.19. The Labute approximate surface area is 410 Å². The minimum absolute atomic E-state index is 0.0228. The fraction of sp³-hybridized carbons (Fsp3) is 0.379. The van der Waals surface area contributed by atoms with Gasteiger partial charge in [0.1, 0.15) is 67.4 Å². The average Bonchev–Trinajstić information content (AvgIpc) is 4.23. The second-order valence-corrected chi connectivity index (χ2v) is 23.8. The van der Waals surface area contributed by atoms with Gasteiger partial charge in [0.2, 0.25) is 0 Å². The first kappa shape index (κ1) is 46.6. The van der Waals surface area contributed by atoms with Crippen molar-refractivity contribution >= 4 is 33.1 Å². The molecule has 0 aliphatic rings.